The zero-order valence-corrected chi connectivity index (χ0v) is 18.0. The monoisotopic (exact) mass is 380 g/mol. The molecule has 2 fully saturated rings. The van der Waals surface area contributed by atoms with Crippen LogP contribution in [0.15, 0.2) is 0 Å². The topological polar surface area (TPSA) is 74.6 Å². The van der Waals surface area contributed by atoms with Gasteiger partial charge in [-0.15, -0.1) is 0 Å². The van der Waals surface area contributed by atoms with Gasteiger partial charge >= 0.3 is 0 Å². The van der Waals surface area contributed by atoms with E-state index in [1.807, 2.05) is 13.8 Å². The van der Waals surface area contributed by atoms with Gasteiger partial charge in [0.05, 0.1) is 5.60 Å². The van der Waals surface area contributed by atoms with Crippen molar-refractivity contribution in [2.75, 3.05) is 0 Å². The van der Waals surface area contributed by atoms with Crippen LogP contribution in [-0.4, -0.2) is 33.0 Å². The third-order valence-corrected chi connectivity index (χ3v) is 7.29. The molecule has 4 atom stereocenters. The molecule has 2 N–H and O–H groups in total. The van der Waals surface area contributed by atoms with Crippen LogP contribution in [0.3, 0.4) is 0 Å². The van der Waals surface area contributed by atoms with Crippen LogP contribution in [0.25, 0.3) is 0 Å². The molecule has 0 aromatic carbocycles. The van der Waals surface area contributed by atoms with E-state index in [1.54, 1.807) is 13.8 Å². The number of Topliss-reactive ketones (excluding diaryl/α,β-unsaturated/α-hetero) is 2. The first-order chi connectivity index (χ1) is 12.3. The molecule has 0 unspecified atom stereocenters. The first-order valence-electron chi connectivity index (χ1n) is 10.9. The lowest BCUT2D eigenvalue weighted by molar-refractivity contribution is -0.135. The summed E-state index contributed by atoms with van der Waals surface area (Å²) in [7, 11) is 0. The lowest BCUT2D eigenvalue weighted by Crippen LogP contribution is -2.40. The van der Waals surface area contributed by atoms with Crippen molar-refractivity contribution in [3.8, 4) is 0 Å². The van der Waals surface area contributed by atoms with Crippen LogP contribution in [0.1, 0.15) is 98.8 Å². The van der Waals surface area contributed by atoms with E-state index in [4.69, 9.17) is 0 Å². The fourth-order valence-electron chi connectivity index (χ4n) is 5.71. The minimum absolute atomic E-state index is 0.0620. The summed E-state index contributed by atoms with van der Waals surface area (Å²) in [5, 5.41) is 20.1. The van der Waals surface area contributed by atoms with Crippen molar-refractivity contribution < 1.29 is 19.8 Å². The molecule has 2 aliphatic rings. The van der Waals surface area contributed by atoms with Gasteiger partial charge in [-0.25, -0.2) is 0 Å². The highest BCUT2D eigenvalue weighted by molar-refractivity contribution is 5.86. The fraction of sp³-hybridized carbons (Fsp3) is 0.913. The third kappa shape index (κ3) is 5.63. The van der Waals surface area contributed by atoms with Crippen LogP contribution in [-0.2, 0) is 9.59 Å². The van der Waals surface area contributed by atoms with Crippen molar-refractivity contribution >= 4 is 11.6 Å². The third-order valence-electron chi connectivity index (χ3n) is 7.29. The minimum atomic E-state index is -1.28. The van der Waals surface area contributed by atoms with Crippen molar-refractivity contribution in [2.45, 2.75) is 110 Å². The Morgan fingerprint density at radius 2 is 1.85 bits per heavy atom. The van der Waals surface area contributed by atoms with E-state index in [-0.39, 0.29) is 17.1 Å². The highest BCUT2D eigenvalue weighted by Gasteiger charge is 2.52. The van der Waals surface area contributed by atoms with Gasteiger partial charge < -0.3 is 10.2 Å². The average molecular weight is 381 g/mol. The van der Waals surface area contributed by atoms with Crippen molar-refractivity contribution in [1.82, 2.24) is 0 Å². The van der Waals surface area contributed by atoms with Gasteiger partial charge in [-0.3, -0.25) is 9.59 Å². The fourth-order valence-corrected chi connectivity index (χ4v) is 5.71. The lowest BCUT2D eigenvalue weighted by Gasteiger charge is -2.43. The molecule has 0 bridgehead atoms. The summed E-state index contributed by atoms with van der Waals surface area (Å²) in [5.41, 5.74) is -1.89. The summed E-state index contributed by atoms with van der Waals surface area (Å²) >= 11 is 0. The Labute approximate surface area is 165 Å². The van der Waals surface area contributed by atoms with Gasteiger partial charge in [0.1, 0.15) is 11.4 Å². The van der Waals surface area contributed by atoms with Crippen molar-refractivity contribution in [3.63, 3.8) is 0 Å². The first-order valence-corrected chi connectivity index (χ1v) is 10.9. The van der Waals surface area contributed by atoms with E-state index < -0.39 is 11.2 Å². The minimum Gasteiger partial charge on any atom is -0.390 e. The smallest absolute Gasteiger partial charge is 0.163 e. The Balaban J connectivity index is 2.11. The molecule has 0 radical (unpaired) electrons. The Hall–Kier alpha value is -0.740. The van der Waals surface area contributed by atoms with Gasteiger partial charge in [-0.05, 0) is 83.5 Å². The highest BCUT2D eigenvalue weighted by atomic mass is 16.3. The number of carbonyl (C=O) groups excluding carboxylic acids is 2. The largest absolute Gasteiger partial charge is 0.390 e. The second kappa shape index (κ2) is 8.32. The van der Waals surface area contributed by atoms with Gasteiger partial charge in [0.15, 0.2) is 5.78 Å². The summed E-state index contributed by atoms with van der Waals surface area (Å²) in [6.45, 7) is 9.10. The summed E-state index contributed by atoms with van der Waals surface area (Å²) in [6, 6.07) is 0. The molecule has 2 aliphatic carbocycles. The SMILES string of the molecule is CC(C)(O)CCC[C@@H](CCC(=O)C(C)(C)O)[C@H]1CC[C@H]2C(=O)CCC[C@]12C. The van der Waals surface area contributed by atoms with E-state index in [9.17, 15) is 19.8 Å². The molecule has 4 heteroatoms. The standard InChI is InChI=1S/C23H40O4/c1-21(2,26)14-6-8-16(10-13-20(25)22(3,4)27)17-11-12-18-19(24)9-7-15-23(17,18)5/h16-18,26-27H,6-15H2,1-5H3/t16-,17+,18-,23+/m0/s1. The quantitative estimate of drug-likeness (QED) is 0.620. The molecule has 0 aromatic heterocycles. The number of hydrogen-bond acceptors (Lipinski definition) is 4. The zero-order valence-electron chi connectivity index (χ0n) is 18.0. The number of aliphatic hydroxyl groups is 2. The molecule has 156 valence electrons. The summed E-state index contributed by atoms with van der Waals surface area (Å²) in [4.78, 5) is 24.8. The van der Waals surface area contributed by atoms with E-state index >= 15 is 0 Å². The number of ketones is 2. The normalized spacial score (nSPS) is 30.3. The molecule has 0 heterocycles. The van der Waals surface area contributed by atoms with E-state index in [2.05, 4.69) is 6.92 Å². The Kier molecular flexibility index (Phi) is 6.95. The molecule has 2 rings (SSSR count). The lowest BCUT2D eigenvalue weighted by atomic mass is 9.61. The van der Waals surface area contributed by atoms with E-state index in [0.717, 1.165) is 57.8 Å². The number of carbonyl (C=O) groups is 2. The summed E-state index contributed by atoms with van der Waals surface area (Å²) in [6.07, 6.45) is 8.69. The maximum Gasteiger partial charge on any atom is 0.163 e. The molecular formula is C23H40O4. The van der Waals surface area contributed by atoms with Crippen molar-refractivity contribution in [2.24, 2.45) is 23.2 Å². The number of hydrogen-bond donors (Lipinski definition) is 2. The molecule has 0 spiro atoms. The predicted octanol–water partition coefficient (Wildman–Crippen LogP) is 4.45. The molecule has 0 saturated heterocycles. The van der Waals surface area contributed by atoms with Crippen LogP contribution in [0.4, 0.5) is 0 Å². The van der Waals surface area contributed by atoms with Crippen molar-refractivity contribution in [3.05, 3.63) is 0 Å². The highest BCUT2D eigenvalue weighted by Crippen LogP contribution is 2.58. The Bertz CT molecular complexity index is 540. The van der Waals surface area contributed by atoms with Crippen LogP contribution in [0, 0.1) is 23.2 Å². The van der Waals surface area contributed by atoms with Gasteiger partial charge in [-0.2, -0.15) is 0 Å². The van der Waals surface area contributed by atoms with Gasteiger partial charge in [-0.1, -0.05) is 19.8 Å². The van der Waals surface area contributed by atoms with Gasteiger partial charge in [0.2, 0.25) is 0 Å². The Morgan fingerprint density at radius 3 is 2.44 bits per heavy atom. The second-order valence-electron chi connectivity index (χ2n) is 10.5. The van der Waals surface area contributed by atoms with Crippen LogP contribution < -0.4 is 0 Å². The molecule has 2 saturated carbocycles. The number of fused-ring (bicyclic) bond motifs is 1. The second-order valence-corrected chi connectivity index (χ2v) is 10.5. The maximum atomic E-state index is 12.5. The van der Waals surface area contributed by atoms with Gasteiger partial charge in [0, 0.05) is 18.8 Å². The molecule has 0 amide bonds. The van der Waals surface area contributed by atoms with E-state index in [0.29, 0.717) is 24.0 Å². The number of rotatable bonds is 9. The molecule has 0 aromatic rings. The zero-order chi connectivity index (χ0) is 20.5. The molecule has 0 aliphatic heterocycles. The molecular weight excluding hydrogens is 340 g/mol. The first kappa shape index (κ1) is 22.5. The van der Waals surface area contributed by atoms with Crippen LogP contribution in [0.2, 0.25) is 0 Å². The average Bonchev–Trinajstić information content (AvgIpc) is 2.86. The van der Waals surface area contributed by atoms with Crippen LogP contribution >= 0.6 is 0 Å². The van der Waals surface area contributed by atoms with Gasteiger partial charge in [0.25, 0.3) is 0 Å². The summed E-state index contributed by atoms with van der Waals surface area (Å²) in [5.74, 6) is 1.36. The summed E-state index contributed by atoms with van der Waals surface area (Å²) < 4.78 is 0. The maximum absolute atomic E-state index is 12.5. The predicted molar refractivity (Wildman–Crippen MR) is 107 cm³/mol. The molecule has 27 heavy (non-hydrogen) atoms. The van der Waals surface area contributed by atoms with Crippen LogP contribution in [0.5, 0.6) is 0 Å². The van der Waals surface area contributed by atoms with E-state index in [1.165, 1.54) is 0 Å². The Morgan fingerprint density at radius 1 is 1.19 bits per heavy atom. The molecule has 4 nitrogen and oxygen atoms in total. The van der Waals surface area contributed by atoms with Crippen molar-refractivity contribution in [1.29, 1.82) is 0 Å².